The van der Waals surface area contributed by atoms with E-state index in [4.69, 9.17) is 0 Å². The molecule has 2 heteroatoms. The van der Waals surface area contributed by atoms with Gasteiger partial charge >= 0.3 is 0 Å². The SMILES string of the molecule is CC[C@@H]1C[C@@H](C)C(=O)N1. The number of carbonyl (C=O) groups excluding carboxylic acids is 1. The minimum atomic E-state index is 0.224. The second-order valence-corrected chi connectivity index (χ2v) is 2.75. The highest BCUT2D eigenvalue weighted by molar-refractivity contribution is 5.80. The summed E-state index contributed by atoms with van der Waals surface area (Å²) in [5.41, 5.74) is 0. The van der Waals surface area contributed by atoms with Gasteiger partial charge in [0.05, 0.1) is 0 Å². The van der Waals surface area contributed by atoms with E-state index in [9.17, 15) is 4.79 Å². The van der Waals surface area contributed by atoms with E-state index < -0.39 is 0 Å². The van der Waals surface area contributed by atoms with Crippen molar-refractivity contribution in [3.05, 3.63) is 0 Å². The molecule has 2 nitrogen and oxygen atoms in total. The largest absolute Gasteiger partial charge is 0.353 e. The van der Waals surface area contributed by atoms with Crippen LogP contribution in [0.25, 0.3) is 0 Å². The van der Waals surface area contributed by atoms with Gasteiger partial charge in [0.2, 0.25) is 5.91 Å². The molecule has 0 bridgehead atoms. The van der Waals surface area contributed by atoms with Crippen LogP contribution in [0.5, 0.6) is 0 Å². The van der Waals surface area contributed by atoms with Crippen LogP contribution in [0.3, 0.4) is 0 Å². The van der Waals surface area contributed by atoms with Crippen molar-refractivity contribution in [1.82, 2.24) is 5.32 Å². The van der Waals surface area contributed by atoms with E-state index in [0.717, 1.165) is 12.8 Å². The van der Waals surface area contributed by atoms with Gasteiger partial charge in [-0.05, 0) is 12.8 Å². The van der Waals surface area contributed by atoms with Crippen molar-refractivity contribution in [2.75, 3.05) is 0 Å². The van der Waals surface area contributed by atoms with E-state index in [-0.39, 0.29) is 11.8 Å². The molecule has 1 amide bonds. The molecule has 1 aliphatic rings. The first-order chi connectivity index (χ1) is 4.24. The summed E-state index contributed by atoms with van der Waals surface area (Å²) in [6.45, 7) is 4.08. The Labute approximate surface area is 55.6 Å². The van der Waals surface area contributed by atoms with Crippen molar-refractivity contribution < 1.29 is 4.79 Å². The topological polar surface area (TPSA) is 29.1 Å². The molecule has 0 aromatic heterocycles. The highest BCUT2D eigenvalue weighted by atomic mass is 16.2. The van der Waals surface area contributed by atoms with Gasteiger partial charge < -0.3 is 5.32 Å². The van der Waals surface area contributed by atoms with Crippen molar-refractivity contribution in [3.63, 3.8) is 0 Å². The van der Waals surface area contributed by atoms with Crippen LogP contribution in [0, 0.1) is 5.92 Å². The number of nitrogens with one attached hydrogen (secondary N) is 1. The Kier molecular flexibility index (Phi) is 1.74. The smallest absolute Gasteiger partial charge is 0.223 e. The van der Waals surface area contributed by atoms with Crippen molar-refractivity contribution >= 4 is 5.91 Å². The normalized spacial score (nSPS) is 34.7. The second kappa shape index (κ2) is 2.38. The molecular formula is C7H13NO. The third-order valence-electron chi connectivity index (χ3n) is 1.92. The summed E-state index contributed by atoms with van der Waals surface area (Å²) in [6.07, 6.45) is 2.09. The van der Waals surface area contributed by atoms with E-state index in [2.05, 4.69) is 12.2 Å². The lowest BCUT2D eigenvalue weighted by Crippen LogP contribution is -2.25. The van der Waals surface area contributed by atoms with Gasteiger partial charge in [0.25, 0.3) is 0 Å². The van der Waals surface area contributed by atoms with Crippen LogP contribution in [0.1, 0.15) is 26.7 Å². The minimum absolute atomic E-state index is 0.224. The van der Waals surface area contributed by atoms with Crippen LogP contribution in [0.15, 0.2) is 0 Å². The van der Waals surface area contributed by atoms with E-state index in [0.29, 0.717) is 6.04 Å². The molecule has 1 N–H and O–H groups in total. The number of hydrogen-bond donors (Lipinski definition) is 1. The van der Waals surface area contributed by atoms with Gasteiger partial charge in [-0.15, -0.1) is 0 Å². The molecule has 2 atom stereocenters. The summed E-state index contributed by atoms with van der Waals surface area (Å²) in [5, 5.41) is 2.91. The molecule has 0 radical (unpaired) electrons. The quantitative estimate of drug-likeness (QED) is 0.557. The van der Waals surface area contributed by atoms with Crippen molar-refractivity contribution in [2.45, 2.75) is 32.7 Å². The van der Waals surface area contributed by atoms with Gasteiger partial charge in [0, 0.05) is 12.0 Å². The van der Waals surface area contributed by atoms with Crippen LogP contribution >= 0.6 is 0 Å². The van der Waals surface area contributed by atoms with Crippen molar-refractivity contribution in [3.8, 4) is 0 Å². The Bertz CT molecular complexity index is 122. The van der Waals surface area contributed by atoms with Gasteiger partial charge in [0.15, 0.2) is 0 Å². The maximum Gasteiger partial charge on any atom is 0.223 e. The predicted molar refractivity (Wildman–Crippen MR) is 36.0 cm³/mol. The molecule has 1 fully saturated rings. The first kappa shape index (κ1) is 6.59. The van der Waals surface area contributed by atoms with Crippen LogP contribution in [0.2, 0.25) is 0 Å². The van der Waals surface area contributed by atoms with E-state index in [1.165, 1.54) is 0 Å². The molecular weight excluding hydrogens is 114 g/mol. The molecule has 52 valence electrons. The lowest BCUT2D eigenvalue weighted by Gasteiger charge is -2.02. The van der Waals surface area contributed by atoms with Crippen LogP contribution in [-0.4, -0.2) is 11.9 Å². The van der Waals surface area contributed by atoms with Gasteiger partial charge in [-0.1, -0.05) is 13.8 Å². The fraction of sp³-hybridized carbons (Fsp3) is 0.857. The van der Waals surface area contributed by atoms with Crippen LogP contribution in [0.4, 0.5) is 0 Å². The van der Waals surface area contributed by atoms with Crippen LogP contribution < -0.4 is 5.32 Å². The first-order valence-electron chi connectivity index (χ1n) is 3.54. The average Bonchev–Trinajstić information content (AvgIpc) is 2.13. The van der Waals surface area contributed by atoms with Gasteiger partial charge in [-0.3, -0.25) is 4.79 Å². The highest BCUT2D eigenvalue weighted by Crippen LogP contribution is 2.15. The minimum Gasteiger partial charge on any atom is -0.353 e. The molecule has 9 heavy (non-hydrogen) atoms. The molecule has 0 unspecified atom stereocenters. The molecule has 1 saturated heterocycles. The number of hydrogen-bond acceptors (Lipinski definition) is 1. The number of rotatable bonds is 1. The Morgan fingerprint density at radius 1 is 1.78 bits per heavy atom. The standard InChI is InChI=1S/C7H13NO/c1-3-6-4-5(2)7(9)8-6/h5-6H,3-4H2,1-2H3,(H,8,9)/t5-,6-/m1/s1. The molecule has 0 aromatic carbocycles. The Morgan fingerprint density at radius 2 is 2.44 bits per heavy atom. The Morgan fingerprint density at radius 3 is 2.67 bits per heavy atom. The summed E-state index contributed by atoms with van der Waals surface area (Å²) < 4.78 is 0. The summed E-state index contributed by atoms with van der Waals surface area (Å²) in [7, 11) is 0. The molecule has 0 aliphatic carbocycles. The maximum absolute atomic E-state index is 10.8. The van der Waals surface area contributed by atoms with Gasteiger partial charge in [-0.2, -0.15) is 0 Å². The van der Waals surface area contributed by atoms with Crippen molar-refractivity contribution in [2.24, 2.45) is 5.92 Å². The highest BCUT2D eigenvalue weighted by Gasteiger charge is 2.26. The Balaban J connectivity index is 2.44. The summed E-state index contributed by atoms with van der Waals surface area (Å²) >= 11 is 0. The average molecular weight is 127 g/mol. The summed E-state index contributed by atoms with van der Waals surface area (Å²) in [6, 6.07) is 0.451. The first-order valence-corrected chi connectivity index (χ1v) is 3.54. The third kappa shape index (κ3) is 1.23. The molecule has 1 rings (SSSR count). The molecule has 1 heterocycles. The zero-order chi connectivity index (χ0) is 6.85. The zero-order valence-corrected chi connectivity index (χ0v) is 5.98. The van der Waals surface area contributed by atoms with E-state index in [1.54, 1.807) is 0 Å². The predicted octanol–water partition coefficient (Wildman–Crippen LogP) is 0.921. The lowest BCUT2D eigenvalue weighted by atomic mass is 10.1. The second-order valence-electron chi connectivity index (χ2n) is 2.75. The molecule has 1 aliphatic heterocycles. The van der Waals surface area contributed by atoms with Gasteiger partial charge in [0.1, 0.15) is 0 Å². The monoisotopic (exact) mass is 127 g/mol. The Hall–Kier alpha value is -0.530. The summed E-state index contributed by atoms with van der Waals surface area (Å²) in [5.74, 6) is 0.469. The van der Waals surface area contributed by atoms with E-state index >= 15 is 0 Å². The molecule has 0 aromatic rings. The zero-order valence-electron chi connectivity index (χ0n) is 5.98. The third-order valence-corrected chi connectivity index (χ3v) is 1.92. The fourth-order valence-corrected chi connectivity index (χ4v) is 1.20. The van der Waals surface area contributed by atoms with Gasteiger partial charge in [-0.25, -0.2) is 0 Å². The van der Waals surface area contributed by atoms with Crippen molar-refractivity contribution in [1.29, 1.82) is 0 Å². The molecule has 0 spiro atoms. The lowest BCUT2D eigenvalue weighted by molar-refractivity contribution is -0.122. The number of carbonyl (C=O) groups is 1. The maximum atomic E-state index is 10.8. The fourth-order valence-electron chi connectivity index (χ4n) is 1.20. The molecule has 0 saturated carbocycles. The summed E-state index contributed by atoms with van der Waals surface area (Å²) in [4.78, 5) is 10.8. The van der Waals surface area contributed by atoms with E-state index in [1.807, 2.05) is 6.92 Å². The number of amides is 1. The van der Waals surface area contributed by atoms with Crippen LogP contribution in [-0.2, 0) is 4.79 Å².